The van der Waals surface area contributed by atoms with Gasteiger partial charge >= 0.3 is 6.09 Å². The molecule has 1 amide bonds. The van der Waals surface area contributed by atoms with Crippen LogP contribution in [0.15, 0.2) is 12.4 Å². The minimum Gasteiger partial charge on any atom is -0.444 e. The molecule has 0 saturated carbocycles. The van der Waals surface area contributed by atoms with E-state index in [2.05, 4.69) is 10.5 Å². The highest BCUT2D eigenvalue weighted by molar-refractivity contribution is 5.68. The number of carbonyl (C=O) groups excluding carboxylic acids is 1. The molecule has 0 bridgehead atoms. The van der Waals surface area contributed by atoms with Crippen LogP contribution in [0.2, 0.25) is 0 Å². The number of carbonyl (C=O) groups is 1. The van der Waals surface area contributed by atoms with Crippen LogP contribution in [-0.2, 0) is 18.2 Å². The first-order valence-electron chi connectivity index (χ1n) is 8.20. The van der Waals surface area contributed by atoms with Gasteiger partial charge in [-0.15, -0.1) is 0 Å². The van der Waals surface area contributed by atoms with Gasteiger partial charge in [0, 0.05) is 32.4 Å². The smallest absolute Gasteiger partial charge is 0.410 e. The molecule has 7 heteroatoms. The highest BCUT2D eigenvalue weighted by atomic mass is 16.6. The first-order chi connectivity index (χ1) is 10.8. The first kappa shape index (κ1) is 17.7. The normalized spacial score (nSPS) is 19.9. The minimum absolute atomic E-state index is 0.183. The maximum absolute atomic E-state index is 12.1. The van der Waals surface area contributed by atoms with Crippen molar-refractivity contribution in [2.24, 2.45) is 18.8 Å². The van der Waals surface area contributed by atoms with E-state index in [0.717, 1.165) is 25.8 Å². The fourth-order valence-electron chi connectivity index (χ4n) is 2.99. The topological polar surface area (TPSA) is 85.4 Å². The molecule has 0 aliphatic carbocycles. The van der Waals surface area contributed by atoms with Gasteiger partial charge in [0.15, 0.2) is 0 Å². The number of hydrogen-bond donors (Lipinski definition) is 2. The van der Waals surface area contributed by atoms with Gasteiger partial charge in [0.25, 0.3) is 0 Å². The largest absolute Gasteiger partial charge is 0.444 e. The number of hydrazine groups is 1. The zero-order valence-electron chi connectivity index (χ0n) is 14.6. The molecule has 2 atom stereocenters. The van der Waals surface area contributed by atoms with Gasteiger partial charge in [0.1, 0.15) is 5.60 Å². The van der Waals surface area contributed by atoms with Crippen molar-refractivity contribution >= 4 is 6.09 Å². The summed E-state index contributed by atoms with van der Waals surface area (Å²) in [5.41, 5.74) is 3.67. The Balaban J connectivity index is 1.84. The molecule has 1 aliphatic rings. The van der Waals surface area contributed by atoms with Crippen molar-refractivity contribution in [2.45, 2.75) is 51.7 Å². The molecule has 3 N–H and O–H groups in total. The van der Waals surface area contributed by atoms with Crippen LogP contribution < -0.4 is 11.3 Å². The molecule has 2 heterocycles. The van der Waals surface area contributed by atoms with Crippen LogP contribution in [0.1, 0.15) is 39.2 Å². The summed E-state index contributed by atoms with van der Waals surface area (Å²) in [5.74, 6) is 6.09. The zero-order valence-corrected chi connectivity index (χ0v) is 14.6. The molecule has 7 nitrogen and oxygen atoms in total. The summed E-state index contributed by atoms with van der Waals surface area (Å²) < 4.78 is 7.25. The van der Waals surface area contributed by atoms with Crippen molar-refractivity contribution in [1.29, 1.82) is 0 Å². The number of amides is 1. The predicted octanol–water partition coefficient (Wildman–Crippen LogP) is 1.44. The van der Waals surface area contributed by atoms with Crippen LogP contribution in [0.4, 0.5) is 4.79 Å². The summed E-state index contributed by atoms with van der Waals surface area (Å²) in [6.07, 6.45) is 6.47. The van der Waals surface area contributed by atoms with E-state index in [4.69, 9.17) is 10.6 Å². The molecule has 2 rings (SSSR count). The van der Waals surface area contributed by atoms with E-state index in [9.17, 15) is 4.79 Å². The number of hydrogen-bond acceptors (Lipinski definition) is 5. The van der Waals surface area contributed by atoms with Crippen molar-refractivity contribution < 1.29 is 9.53 Å². The van der Waals surface area contributed by atoms with Gasteiger partial charge in [0.2, 0.25) is 0 Å². The van der Waals surface area contributed by atoms with Gasteiger partial charge in [-0.2, -0.15) is 5.10 Å². The minimum atomic E-state index is -0.457. The van der Waals surface area contributed by atoms with Gasteiger partial charge in [-0.1, -0.05) is 0 Å². The number of nitrogens with two attached hydrogens (primary N) is 1. The molecule has 130 valence electrons. The van der Waals surface area contributed by atoms with Crippen molar-refractivity contribution in [2.75, 3.05) is 13.1 Å². The summed E-state index contributed by atoms with van der Waals surface area (Å²) in [4.78, 5) is 13.9. The quantitative estimate of drug-likeness (QED) is 0.633. The number of nitrogens with one attached hydrogen (secondary N) is 1. The second kappa shape index (κ2) is 7.31. The highest BCUT2D eigenvalue weighted by Gasteiger charge is 2.33. The Labute approximate surface area is 138 Å². The van der Waals surface area contributed by atoms with E-state index in [0.29, 0.717) is 12.5 Å². The fraction of sp³-hybridized carbons (Fsp3) is 0.750. The fourth-order valence-corrected chi connectivity index (χ4v) is 2.99. The lowest BCUT2D eigenvalue weighted by atomic mass is 9.94. The molecule has 1 saturated heterocycles. The first-order valence-corrected chi connectivity index (χ1v) is 8.20. The molecule has 1 aromatic rings. The maximum atomic E-state index is 12.1. The maximum Gasteiger partial charge on any atom is 0.410 e. The van der Waals surface area contributed by atoms with E-state index < -0.39 is 5.60 Å². The van der Waals surface area contributed by atoms with Crippen molar-refractivity contribution in [3.05, 3.63) is 18.0 Å². The van der Waals surface area contributed by atoms with E-state index >= 15 is 0 Å². The summed E-state index contributed by atoms with van der Waals surface area (Å²) in [6.45, 7) is 7.07. The number of nitrogens with zero attached hydrogens (tertiary/aromatic N) is 3. The zero-order chi connectivity index (χ0) is 17.0. The van der Waals surface area contributed by atoms with E-state index in [1.807, 2.05) is 40.2 Å². The Morgan fingerprint density at radius 1 is 1.57 bits per heavy atom. The Bertz CT molecular complexity index is 523. The molecular weight excluding hydrogens is 294 g/mol. The third-order valence-corrected chi connectivity index (χ3v) is 4.16. The van der Waals surface area contributed by atoms with E-state index in [-0.39, 0.29) is 12.1 Å². The third kappa shape index (κ3) is 5.21. The Hall–Kier alpha value is -1.60. The Morgan fingerprint density at radius 2 is 2.30 bits per heavy atom. The monoisotopic (exact) mass is 323 g/mol. The van der Waals surface area contributed by atoms with Crippen molar-refractivity contribution in [3.63, 3.8) is 0 Å². The average molecular weight is 323 g/mol. The Kier molecular flexibility index (Phi) is 5.64. The molecule has 0 spiro atoms. The van der Waals surface area contributed by atoms with E-state index in [1.165, 1.54) is 5.56 Å². The molecule has 2 unspecified atom stereocenters. The van der Waals surface area contributed by atoms with Gasteiger partial charge < -0.3 is 9.64 Å². The molecule has 0 radical (unpaired) electrons. The molecular formula is C16H29N5O2. The summed E-state index contributed by atoms with van der Waals surface area (Å²) in [7, 11) is 1.91. The van der Waals surface area contributed by atoms with Gasteiger partial charge in [-0.05, 0) is 51.5 Å². The van der Waals surface area contributed by atoms with Crippen LogP contribution in [-0.4, -0.2) is 45.5 Å². The summed E-state index contributed by atoms with van der Waals surface area (Å²) in [6, 6.07) is 0.183. The predicted molar refractivity (Wildman–Crippen MR) is 88.6 cm³/mol. The molecule has 1 aliphatic heterocycles. The number of aromatic nitrogens is 2. The van der Waals surface area contributed by atoms with Crippen LogP contribution in [0.25, 0.3) is 0 Å². The van der Waals surface area contributed by atoms with Crippen LogP contribution in [0.5, 0.6) is 0 Å². The van der Waals surface area contributed by atoms with Gasteiger partial charge in [-0.3, -0.25) is 16.0 Å². The Morgan fingerprint density at radius 3 is 2.87 bits per heavy atom. The molecule has 0 aromatic carbocycles. The average Bonchev–Trinajstić information content (AvgIpc) is 3.07. The molecule has 1 aromatic heterocycles. The van der Waals surface area contributed by atoms with Crippen molar-refractivity contribution in [3.8, 4) is 0 Å². The standard InChI is InChI=1S/C16H29N5O2/c1-16(2,3)23-15(22)21-8-7-13(11-21)14(19-17)6-5-12-9-18-20(4)10-12/h9-10,13-14,19H,5-8,11,17H2,1-4H3. The third-order valence-electron chi connectivity index (χ3n) is 4.16. The number of rotatable bonds is 5. The van der Waals surface area contributed by atoms with Crippen molar-refractivity contribution in [1.82, 2.24) is 20.1 Å². The summed E-state index contributed by atoms with van der Waals surface area (Å²) >= 11 is 0. The highest BCUT2D eigenvalue weighted by Crippen LogP contribution is 2.24. The van der Waals surface area contributed by atoms with Crippen LogP contribution in [0, 0.1) is 5.92 Å². The van der Waals surface area contributed by atoms with E-state index in [1.54, 1.807) is 9.58 Å². The molecule has 23 heavy (non-hydrogen) atoms. The lowest BCUT2D eigenvalue weighted by Crippen LogP contribution is -2.43. The number of ether oxygens (including phenoxy) is 1. The van der Waals surface area contributed by atoms with Crippen LogP contribution >= 0.6 is 0 Å². The molecule has 1 fully saturated rings. The second-order valence-corrected chi connectivity index (χ2v) is 7.31. The van der Waals surface area contributed by atoms with Gasteiger partial charge in [-0.25, -0.2) is 4.79 Å². The number of likely N-dealkylation sites (tertiary alicyclic amines) is 1. The number of aryl methyl sites for hydroxylation is 2. The lowest BCUT2D eigenvalue weighted by Gasteiger charge is -2.26. The summed E-state index contributed by atoms with van der Waals surface area (Å²) in [5, 5.41) is 4.18. The second-order valence-electron chi connectivity index (χ2n) is 7.31. The van der Waals surface area contributed by atoms with Gasteiger partial charge in [0.05, 0.1) is 6.20 Å². The van der Waals surface area contributed by atoms with Crippen LogP contribution in [0.3, 0.4) is 0 Å². The SMILES string of the molecule is Cn1cc(CCC(NN)C2CCN(C(=O)OC(C)(C)C)C2)cn1. The lowest BCUT2D eigenvalue weighted by molar-refractivity contribution is 0.0285.